The van der Waals surface area contributed by atoms with Gasteiger partial charge in [0.1, 0.15) is 23.0 Å². The average molecular weight is 612 g/mol. The second kappa shape index (κ2) is 13.0. The minimum atomic E-state index is -0.423. The second-order valence-electron chi connectivity index (χ2n) is 11.7. The summed E-state index contributed by atoms with van der Waals surface area (Å²) in [6.45, 7) is 7.49. The number of aliphatic imine (C=N–C) groups is 1. The third kappa shape index (κ3) is 7.17. The van der Waals surface area contributed by atoms with Crippen molar-refractivity contribution < 1.29 is 28.3 Å². The number of carbonyl (C=O) groups is 1. The van der Waals surface area contributed by atoms with Crippen molar-refractivity contribution in [2.24, 2.45) is 10.4 Å². The molecule has 2 aliphatic carbocycles. The quantitative estimate of drug-likeness (QED) is 0.282. The highest BCUT2D eigenvalue weighted by Gasteiger charge is 2.44. The number of carbonyl (C=O) groups excluding carboxylic acids is 1. The molecule has 0 bridgehead atoms. The van der Waals surface area contributed by atoms with Gasteiger partial charge < -0.3 is 33.7 Å². The van der Waals surface area contributed by atoms with Crippen LogP contribution in [0.5, 0.6) is 0 Å². The Morgan fingerprint density at radius 3 is 2.84 bits per heavy atom. The van der Waals surface area contributed by atoms with Gasteiger partial charge in [0.25, 0.3) is 0 Å². The van der Waals surface area contributed by atoms with Crippen molar-refractivity contribution in [3.8, 4) is 0 Å². The molecule has 2 saturated heterocycles. The molecule has 11 nitrogen and oxygen atoms in total. The molecule has 0 radical (unpaired) electrons. The van der Waals surface area contributed by atoms with Gasteiger partial charge in [0.2, 0.25) is 0 Å². The number of nitrogens with zero attached hydrogens (tertiary/aromatic N) is 3. The first-order valence-corrected chi connectivity index (χ1v) is 15.2. The van der Waals surface area contributed by atoms with Crippen LogP contribution in [-0.2, 0) is 18.9 Å². The van der Waals surface area contributed by atoms with E-state index in [9.17, 15) is 4.79 Å². The van der Waals surface area contributed by atoms with Gasteiger partial charge in [-0.2, -0.15) is 0 Å². The molecule has 5 aliphatic rings. The Labute approximate surface area is 256 Å². The number of aromatic nitrogens is 1. The van der Waals surface area contributed by atoms with Crippen LogP contribution in [0.3, 0.4) is 0 Å². The number of anilines is 1. The first-order chi connectivity index (χ1) is 20.9. The predicted molar refractivity (Wildman–Crippen MR) is 161 cm³/mol. The Hall–Kier alpha value is -3.54. The number of dihydropyridines is 1. The summed E-state index contributed by atoms with van der Waals surface area (Å²) in [5.41, 5.74) is 2.00. The number of nitrogens with one attached hydrogen (secondary N) is 2. The number of ether oxygens (including phenoxy) is 4. The molecule has 2 N–H and O–H groups in total. The fourth-order valence-corrected chi connectivity index (χ4v) is 6.31. The smallest absolute Gasteiger partial charge is 0.324 e. The molecule has 1 spiro atoms. The molecule has 1 aromatic rings. The molecule has 0 aromatic carbocycles. The van der Waals surface area contributed by atoms with E-state index in [0.29, 0.717) is 65.8 Å². The summed E-state index contributed by atoms with van der Waals surface area (Å²) in [5.74, 6) is 3.82. The summed E-state index contributed by atoms with van der Waals surface area (Å²) in [6.07, 6.45) is 13.0. The van der Waals surface area contributed by atoms with E-state index in [4.69, 9.17) is 35.1 Å². The van der Waals surface area contributed by atoms with Crippen LogP contribution in [0, 0.1) is 12.3 Å². The molecule has 2 fully saturated rings. The zero-order chi connectivity index (χ0) is 29.8. The molecule has 43 heavy (non-hydrogen) atoms. The highest BCUT2D eigenvalue weighted by molar-refractivity contribution is 6.20. The first-order valence-electron chi connectivity index (χ1n) is 14.8. The highest BCUT2D eigenvalue weighted by Crippen LogP contribution is 2.38. The largest absolute Gasteiger partial charge is 0.494 e. The average Bonchev–Trinajstić information content (AvgIpc) is 3.55. The fourth-order valence-electron chi connectivity index (χ4n) is 5.99. The van der Waals surface area contributed by atoms with E-state index in [-0.39, 0.29) is 11.4 Å². The van der Waals surface area contributed by atoms with Crippen molar-refractivity contribution in [3.63, 3.8) is 0 Å². The van der Waals surface area contributed by atoms with Gasteiger partial charge in [0, 0.05) is 66.7 Å². The Balaban J connectivity index is 1.05. The van der Waals surface area contributed by atoms with Crippen molar-refractivity contribution in [1.29, 1.82) is 0 Å². The van der Waals surface area contributed by atoms with Crippen molar-refractivity contribution in [2.45, 2.75) is 50.4 Å². The molecule has 2 atom stereocenters. The maximum absolute atomic E-state index is 12.4. The lowest BCUT2D eigenvalue weighted by Gasteiger charge is -2.37. The van der Waals surface area contributed by atoms with Crippen LogP contribution in [0.1, 0.15) is 37.9 Å². The number of rotatable bonds is 10. The van der Waals surface area contributed by atoms with E-state index >= 15 is 0 Å². The minimum absolute atomic E-state index is 0.124. The van der Waals surface area contributed by atoms with Crippen molar-refractivity contribution in [1.82, 2.24) is 15.4 Å². The minimum Gasteiger partial charge on any atom is -0.494 e. The van der Waals surface area contributed by atoms with Crippen LogP contribution in [0.15, 0.2) is 74.2 Å². The zero-order valence-electron chi connectivity index (χ0n) is 24.6. The van der Waals surface area contributed by atoms with Gasteiger partial charge in [-0.25, -0.2) is 4.79 Å². The van der Waals surface area contributed by atoms with Gasteiger partial charge in [-0.3, -0.25) is 10.3 Å². The van der Waals surface area contributed by atoms with E-state index < -0.39 is 6.03 Å². The van der Waals surface area contributed by atoms with E-state index in [0.717, 1.165) is 50.6 Å². The Morgan fingerprint density at radius 1 is 1.21 bits per heavy atom. The van der Waals surface area contributed by atoms with E-state index in [1.54, 1.807) is 26.3 Å². The summed E-state index contributed by atoms with van der Waals surface area (Å²) < 4.78 is 28.7. The number of halogens is 1. The van der Waals surface area contributed by atoms with Crippen molar-refractivity contribution >= 4 is 29.7 Å². The molecule has 12 heteroatoms. The number of methoxy groups -OCH3 is 1. The molecule has 3 aliphatic heterocycles. The number of fused-ring (bicyclic) bond motifs is 1. The zero-order valence-corrected chi connectivity index (χ0v) is 25.3. The molecule has 230 valence electrons. The van der Waals surface area contributed by atoms with Crippen LogP contribution in [0.25, 0.3) is 0 Å². The van der Waals surface area contributed by atoms with Crippen LogP contribution in [0.4, 0.5) is 10.6 Å². The van der Waals surface area contributed by atoms with Crippen LogP contribution < -0.4 is 10.6 Å². The van der Waals surface area contributed by atoms with Gasteiger partial charge in [0.05, 0.1) is 33.0 Å². The molecule has 2 amide bonds. The van der Waals surface area contributed by atoms with Crippen LogP contribution >= 0.6 is 11.6 Å². The number of allylic oxidation sites excluding steroid dienone is 6. The van der Waals surface area contributed by atoms with Gasteiger partial charge in [0.15, 0.2) is 11.6 Å². The third-order valence-electron chi connectivity index (χ3n) is 8.24. The van der Waals surface area contributed by atoms with Gasteiger partial charge >= 0.3 is 6.03 Å². The number of hydrogen-bond acceptors (Lipinski definition) is 9. The SMILES string of the molecule is COC1=C(OCCCN2CCC3(COC3)C2)CC2N=CC=C(OC3=CC=C(NC(=O)Nc4cc(C)on4)CC(Cl)C3)C2=C1. The second-order valence-corrected chi connectivity index (χ2v) is 12.3. The highest BCUT2D eigenvalue weighted by atomic mass is 35.5. The van der Waals surface area contributed by atoms with Gasteiger partial charge in [-0.05, 0) is 50.6 Å². The third-order valence-corrected chi connectivity index (χ3v) is 8.55. The lowest BCUT2D eigenvalue weighted by molar-refractivity contribution is -0.105. The molecule has 2 unspecified atom stereocenters. The van der Waals surface area contributed by atoms with E-state index in [1.807, 2.05) is 24.3 Å². The summed E-state index contributed by atoms with van der Waals surface area (Å²) in [4.78, 5) is 19.6. The molecule has 6 rings (SSSR count). The number of urea groups is 1. The molecular formula is C31H38ClN5O6. The van der Waals surface area contributed by atoms with Gasteiger partial charge in [-0.1, -0.05) is 5.16 Å². The molecule has 0 saturated carbocycles. The number of alkyl halides is 1. The van der Waals surface area contributed by atoms with Crippen molar-refractivity contribution in [2.75, 3.05) is 51.9 Å². The Bertz CT molecular complexity index is 1400. The molecular weight excluding hydrogens is 574 g/mol. The summed E-state index contributed by atoms with van der Waals surface area (Å²) >= 11 is 6.63. The topological polar surface area (TPSA) is 120 Å². The number of amides is 2. The fraction of sp³-hybridized carbons (Fsp3) is 0.516. The number of hydrogen-bond donors (Lipinski definition) is 2. The number of likely N-dealkylation sites (tertiary alicyclic amines) is 1. The van der Waals surface area contributed by atoms with E-state index in [1.165, 1.54) is 6.42 Å². The van der Waals surface area contributed by atoms with Crippen LogP contribution in [0.2, 0.25) is 0 Å². The van der Waals surface area contributed by atoms with E-state index in [2.05, 4.69) is 25.7 Å². The molecule has 4 heterocycles. The predicted octanol–water partition coefficient (Wildman–Crippen LogP) is 4.94. The first kappa shape index (κ1) is 29.5. The van der Waals surface area contributed by atoms with Gasteiger partial charge in [-0.15, -0.1) is 11.6 Å². The van der Waals surface area contributed by atoms with Crippen molar-refractivity contribution in [3.05, 3.63) is 70.4 Å². The Morgan fingerprint density at radius 2 is 2.09 bits per heavy atom. The maximum atomic E-state index is 12.4. The number of aryl methyl sites for hydroxylation is 1. The molecule has 1 aromatic heterocycles. The standard InChI is InChI=1S/C31H38ClN5O6/c1-20-12-29(36-43-20)35-30(38)34-22-4-5-23(14-21(32)13-22)42-26-6-8-33-25-16-28(27(39-2)15-24(25)26)41-11-3-9-37-10-7-31(17-37)18-40-19-31/h4-6,8,12,15,21,25H,3,7,9-11,13-14,16-19H2,1-2H3,(H2,34,35,36,38). The maximum Gasteiger partial charge on any atom is 0.324 e. The summed E-state index contributed by atoms with van der Waals surface area (Å²) in [5, 5.41) is 8.99. The Kier molecular flexibility index (Phi) is 8.92. The lowest BCUT2D eigenvalue weighted by Crippen LogP contribution is -2.44. The van der Waals surface area contributed by atoms with Crippen LogP contribution in [-0.4, -0.2) is 80.3 Å². The monoisotopic (exact) mass is 611 g/mol. The normalized spacial score (nSPS) is 24.6. The summed E-state index contributed by atoms with van der Waals surface area (Å²) in [7, 11) is 1.65. The summed E-state index contributed by atoms with van der Waals surface area (Å²) in [6, 6.07) is 1.09. The lowest BCUT2D eigenvalue weighted by atomic mass is 9.85.